The lowest BCUT2D eigenvalue weighted by molar-refractivity contribution is 0.191. The summed E-state index contributed by atoms with van der Waals surface area (Å²) in [7, 11) is 0. The molecule has 0 radical (unpaired) electrons. The molecule has 23 heavy (non-hydrogen) atoms. The van der Waals surface area contributed by atoms with Gasteiger partial charge in [0.2, 0.25) is 0 Å². The molecule has 1 N–H and O–H groups in total. The Bertz CT molecular complexity index is 693. The maximum atomic E-state index is 12.2. The number of piperazine rings is 1. The van der Waals surface area contributed by atoms with E-state index in [1.165, 1.54) is 0 Å². The summed E-state index contributed by atoms with van der Waals surface area (Å²) in [5.74, 6) is 0.977. The molecule has 1 saturated heterocycles. The van der Waals surface area contributed by atoms with Crippen LogP contribution in [0, 0.1) is 0 Å². The van der Waals surface area contributed by atoms with E-state index in [1.807, 2.05) is 29.3 Å². The molecule has 1 unspecified atom stereocenters. The molecule has 122 valence electrons. The highest BCUT2D eigenvalue weighted by atomic mass is 32.1. The van der Waals surface area contributed by atoms with Crippen molar-refractivity contribution < 1.29 is 4.79 Å². The van der Waals surface area contributed by atoms with E-state index in [1.54, 1.807) is 17.7 Å². The number of amides is 2. The molecule has 1 fully saturated rings. The van der Waals surface area contributed by atoms with Crippen molar-refractivity contribution in [3.8, 4) is 0 Å². The van der Waals surface area contributed by atoms with E-state index in [0.29, 0.717) is 13.1 Å². The Balaban J connectivity index is 1.61. The third-order valence-corrected chi connectivity index (χ3v) is 4.88. The van der Waals surface area contributed by atoms with Crippen LogP contribution in [0.15, 0.2) is 30.4 Å². The highest BCUT2D eigenvalue weighted by molar-refractivity contribution is 7.17. The topological polar surface area (TPSA) is 61.4 Å². The van der Waals surface area contributed by atoms with Crippen LogP contribution in [0.1, 0.15) is 13.3 Å². The van der Waals surface area contributed by atoms with E-state index >= 15 is 0 Å². The minimum absolute atomic E-state index is 0.00274. The van der Waals surface area contributed by atoms with E-state index in [2.05, 4.69) is 26.8 Å². The van der Waals surface area contributed by atoms with Crippen LogP contribution < -0.4 is 10.2 Å². The van der Waals surface area contributed by atoms with Gasteiger partial charge in [-0.05, 0) is 24.8 Å². The fourth-order valence-electron chi connectivity index (χ4n) is 2.73. The number of rotatable bonds is 4. The molecule has 1 aliphatic heterocycles. The van der Waals surface area contributed by atoms with Gasteiger partial charge in [-0.25, -0.2) is 14.8 Å². The number of carbonyl (C=O) groups is 1. The van der Waals surface area contributed by atoms with Gasteiger partial charge in [0.05, 0.1) is 10.2 Å². The van der Waals surface area contributed by atoms with Gasteiger partial charge in [0, 0.05) is 32.2 Å². The van der Waals surface area contributed by atoms with Crippen LogP contribution in [-0.4, -0.2) is 53.1 Å². The first kappa shape index (κ1) is 15.7. The maximum Gasteiger partial charge on any atom is 0.317 e. The van der Waals surface area contributed by atoms with Gasteiger partial charge in [0.25, 0.3) is 0 Å². The van der Waals surface area contributed by atoms with Crippen molar-refractivity contribution in [1.82, 2.24) is 20.2 Å². The normalized spacial score (nSPS) is 16.4. The number of carbonyl (C=O) groups excluding carboxylic acids is 1. The number of hydrogen-bond donors (Lipinski definition) is 1. The second-order valence-corrected chi connectivity index (χ2v) is 6.60. The molecule has 3 rings (SSSR count). The molecule has 1 atom stereocenters. The van der Waals surface area contributed by atoms with Crippen molar-refractivity contribution in [1.29, 1.82) is 0 Å². The molecule has 0 bridgehead atoms. The number of hydrogen-bond acceptors (Lipinski definition) is 5. The minimum Gasteiger partial charge on any atom is -0.352 e. The number of urea groups is 1. The Morgan fingerprint density at radius 1 is 1.43 bits per heavy atom. The molecule has 0 saturated carbocycles. The van der Waals surface area contributed by atoms with E-state index in [9.17, 15) is 4.79 Å². The third kappa shape index (κ3) is 3.44. The SMILES string of the molecule is C=CCC(C)NC(=O)N1CCN(c2ncnc3ccsc23)CC1. The lowest BCUT2D eigenvalue weighted by Gasteiger charge is -2.35. The Kier molecular flexibility index (Phi) is 4.76. The third-order valence-electron chi connectivity index (χ3n) is 3.98. The fourth-order valence-corrected chi connectivity index (χ4v) is 3.60. The highest BCUT2D eigenvalue weighted by Gasteiger charge is 2.23. The van der Waals surface area contributed by atoms with E-state index in [4.69, 9.17) is 0 Å². The fraction of sp³-hybridized carbons (Fsp3) is 0.438. The van der Waals surface area contributed by atoms with Crippen molar-refractivity contribution in [2.75, 3.05) is 31.1 Å². The summed E-state index contributed by atoms with van der Waals surface area (Å²) in [4.78, 5) is 25.1. The Labute approximate surface area is 139 Å². The van der Waals surface area contributed by atoms with Crippen LogP contribution in [0.4, 0.5) is 10.6 Å². The van der Waals surface area contributed by atoms with E-state index in [-0.39, 0.29) is 12.1 Å². The lowest BCUT2D eigenvalue weighted by Crippen LogP contribution is -2.53. The average Bonchev–Trinajstić information content (AvgIpc) is 3.03. The van der Waals surface area contributed by atoms with Gasteiger partial charge in [0.15, 0.2) is 0 Å². The van der Waals surface area contributed by atoms with E-state index in [0.717, 1.165) is 35.5 Å². The molecule has 7 heteroatoms. The highest BCUT2D eigenvalue weighted by Crippen LogP contribution is 2.28. The van der Waals surface area contributed by atoms with Crippen molar-refractivity contribution >= 4 is 33.4 Å². The molecule has 3 heterocycles. The average molecular weight is 331 g/mol. The van der Waals surface area contributed by atoms with Gasteiger partial charge in [0.1, 0.15) is 12.1 Å². The first-order chi connectivity index (χ1) is 11.2. The van der Waals surface area contributed by atoms with Crippen molar-refractivity contribution in [3.05, 3.63) is 30.4 Å². The number of anilines is 1. The molecule has 2 aromatic rings. The summed E-state index contributed by atoms with van der Waals surface area (Å²) in [6, 6.07) is 2.13. The summed E-state index contributed by atoms with van der Waals surface area (Å²) in [6.07, 6.45) is 4.22. The summed E-state index contributed by atoms with van der Waals surface area (Å²) in [5, 5.41) is 5.04. The van der Waals surface area contributed by atoms with Gasteiger partial charge >= 0.3 is 6.03 Å². The summed E-state index contributed by atoms with van der Waals surface area (Å²) in [5.41, 5.74) is 0.985. The second-order valence-electron chi connectivity index (χ2n) is 5.68. The van der Waals surface area contributed by atoms with Gasteiger partial charge in [-0.2, -0.15) is 0 Å². The van der Waals surface area contributed by atoms with E-state index < -0.39 is 0 Å². The van der Waals surface area contributed by atoms with Gasteiger partial charge in [-0.1, -0.05) is 6.08 Å². The Hall–Kier alpha value is -2.15. The van der Waals surface area contributed by atoms with Crippen LogP contribution in [0.5, 0.6) is 0 Å². The molecular weight excluding hydrogens is 310 g/mol. The predicted molar refractivity (Wildman–Crippen MR) is 94.0 cm³/mol. The van der Waals surface area contributed by atoms with Crippen molar-refractivity contribution in [3.63, 3.8) is 0 Å². The van der Waals surface area contributed by atoms with Crippen LogP contribution in [0.3, 0.4) is 0 Å². The molecule has 2 aromatic heterocycles. The molecule has 2 amide bonds. The maximum absolute atomic E-state index is 12.2. The molecule has 6 nitrogen and oxygen atoms in total. The first-order valence-corrected chi connectivity index (χ1v) is 8.66. The van der Waals surface area contributed by atoms with Crippen molar-refractivity contribution in [2.24, 2.45) is 0 Å². The molecule has 0 aliphatic carbocycles. The molecular formula is C16H21N5OS. The van der Waals surface area contributed by atoms with Crippen molar-refractivity contribution in [2.45, 2.75) is 19.4 Å². The smallest absolute Gasteiger partial charge is 0.317 e. The summed E-state index contributed by atoms with van der Waals surface area (Å²) < 4.78 is 1.12. The summed E-state index contributed by atoms with van der Waals surface area (Å²) >= 11 is 1.66. The zero-order chi connectivity index (χ0) is 16.2. The number of fused-ring (bicyclic) bond motifs is 1. The van der Waals surface area contributed by atoms with Gasteiger partial charge < -0.3 is 15.1 Å². The number of thiophene rings is 1. The number of nitrogens with one attached hydrogen (secondary N) is 1. The van der Waals surface area contributed by atoms with Gasteiger partial charge in [-0.3, -0.25) is 0 Å². The van der Waals surface area contributed by atoms with Crippen LogP contribution in [-0.2, 0) is 0 Å². The molecule has 0 aromatic carbocycles. The van der Waals surface area contributed by atoms with Crippen LogP contribution in [0.2, 0.25) is 0 Å². The lowest BCUT2D eigenvalue weighted by atomic mass is 10.2. The Morgan fingerprint density at radius 2 is 2.22 bits per heavy atom. The predicted octanol–water partition coefficient (Wildman–Crippen LogP) is 2.49. The van der Waals surface area contributed by atoms with Crippen LogP contribution >= 0.6 is 11.3 Å². The van der Waals surface area contributed by atoms with Gasteiger partial charge in [-0.15, -0.1) is 17.9 Å². The zero-order valence-electron chi connectivity index (χ0n) is 13.2. The Morgan fingerprint density at radius 3 is 2.96 bits per heavy atom. The standard InChI is InChI=1S/C16H21N5OS/c1-3-4-12(2)19-16(22)21-8-6-20(7-9-21)15-14-13(5-10-23-14)17-11-18-15/h3,5,10-12H,1,4,6-9H2,2H3,(H,19,22). The van der Waals surface area contributed by atoms with Crippen LogP contribution in [0.25, 0.3) is 10.2 Å². The number of nitrogens with zero attached hydrogens (tertiary/aromatic N) is 4. The second kappa shape index (κ2) is 6.95. The zero-order valence-corrected chi connectivity index (χ0v) is 14.1. The number of aromatic nitrogens is 2. The minimum atomic E-state index is 0.00274. The quantitative estimate of drug-likeness (QED) is 0.875. The largest absolute Gasteiger partial charge is 0.352 e. The summed E-state index contributed by atoms with van der Waals surface area (Å²) in [6.45, 7) is 8.66. The molecule has 0 spiro atoms. The first-order valence-electron chi connectivity index (χ1n) is 7.78. The monoisotopic (exact) mass is 331 g/mol. The molecule has 1 aliphatic rings.